The third-order valence-corrected chi connectivity index (χ3v) is 30.8. The van der Waals surface area contributed by atoms with Gasteiger partial charge in [-0.1, -0.05) is 256 Å². The summed E-state index contributed by atoms with van der Waals surface area (Å²) in [5, 5.41) is 9.71. The molecular weight excluding hydrogens is 889 g/mol. The van der Waals surface area contributed by atoms with Gasteiger partial charge in [-0.15, -0.1) is 0 Å². The summed E-state index contributed by atoms with van der Waals surface area (Å²) in [5.74, 6) is 0.0215. The van der Waals surface area contributed by atoms with Gasteiger partial charge in [0.2, 0.25) is 0 Å². The van der Waals surface area contributed by atoms with E-state index < -0.39 is 32.3 Å². The van der Waals surface area contributed by atoms with Crippen LogP contribution in [0.1, 0.15) is 129 Å². The summed E-state index contributed by atoms with van der Waals surface area (Å²) in [6, 6.07) is 54.9. The van der Waals surface area contributed by atoms with Crippen molar-refractivity contribution < 1.29 is 13.6 Å². The molecule has 0 saturated carbocycles. The van der Waals surface area contributed by atoms with Gasteiger partial charge < -0.3 is 8.83 Å². The fourth-order valence-corrected chi connectivity index (χ4v) is 27.7. The predicted molar refractivity (Wildman–Crippen MR) is 299 cm³/mol. The molecule has 0 spiro atoms. The molecule has 0 aliphatic heterocycles. The number of hydrogen-bond acceptors (Lipinski definition) is 3. The second-order valence-electron chi connectivity index (χ2n) is 19.1. The van der Waals surface area contributed by atoms with Gasteiger partial charge in [0.05, 0.1) is 44.8 Å². The van der Waals surface area contributed by atoms with E-state index in [9.17, 15) is 0 Å². The Morgan fingerprint density at radius 2 is 0.791 bits per heavy atom. The Hall–Kier alpha value is -4.06. The summed E-state index contributed by atoms with van der Waals surface area (Å²) >= 11 is 0. The zero-order valence-electron chi connectivity index (χ0n) is 41.6. The molecule has 7 rings (SSSR count). The highest BCUT2D eigenvalue weighted by atomic mass is 31.2. The van der Waals surface area contributed by atoms with Crippen molar-refractivity contribution in [1.29, 1.82) is 0 Å². The molecule has 2 atom stereocenters. The number of benzene rings is 5. The van der Waals surface area contributed by atoms with Crippen molar-refractivity contribution in [3.05, 3.63) is 145 Å². The van der Waals surface area contributed by atoms with Gasteiger partial charge in [-0.25, -0.2) is 0 Å². The van der Waals surface area contributed by atoms with Crippen molar-refractivity contribution >= 4 is 91.7 Å². The summed E-state index contributed by atoms with van der Waals surface area (Å²) in [6.07, 6.45) is 18.7. The van der Waals surface area contributed by atoms with E-state index in [-0.39, 0.29) is 5.91 Å². The number of carbonyl (C=O) groups is 1. The number of carbonyl (C=O) groups excluding carboxylic acids is 1. The fraction of sp³-hybridized carbons (Fsp3) is 0.407. The zero-order valence-corrected chi connectivity index (χ0v) is 45.4. The Balaban J connectivity index is 1.50. The number of nitrogens with zero attached hydrogens (tertiary/aromatic N) is 1. The van der Waals surface area contributed by atoms with Crippen LogP contribution >= 0.6 is 16.1 Å². The third-order valence-electron chi connectivity index (χ3n) is 14.5. The van der Waals surface area contributed by atoms with Gasteiger partial charge in [0, 0.05) is 37.6 Å². The average Bonchev–Trinajstić information content (AvgIpc) is 4.08. The maximum absolute atomic E-state index is 16.1. The smallest absolute Gasteiger partial charge is 0.261 e. The van der Waals surface area contributed by atoms with Crippen molar-refractivity contribution in [2.45, 2.75) is 155 Å². The molecule has 0 fully saturated rings. The molecule has 8 heteroatoms. The lowest BCUT2D eigenvalue weighted by atomic mass is 10.2. The van der Waals surface area contributed by atoms with Crippen molar-refractivity contribution in [3.8, 4) is 0 Å². The molecule has 0 radical (unpaired) electrons. The maximum atomic E-state index is 16.1. The molecule has 354 valence electrons. The minimum atomic E-state index is -1.80. The monoisotopic (exact) mass is 965 g/mol. The molecule has 0 aliphatic carbocycles. The van der Waals surface area contributed by atoms with Crippen LogP contribution in [0.5, 0.6) is 0 Å². The highest BCUT2D eigenvalue weighted by Gasteiger charge is 2.41. The minimum absolute atomic E-state index is 0.0215. The van der Waals surface area contributed by atoms with E-state index in [2.05, 4.69) is 143 Å². The number of furan rings is 2. The van der Waals surface area contributed by atoms with E-state index in [0.717, 1.165) is 43.2 Å². The fourth-order valence-electron chi connectivity index (χ4n) is 10.6. The van der Waals surface area contributed by atoms with Crippen LogP contribution in [0.25, 0.3) is 21.9 Å². The summed E-state index contributed by atoms with van der Waals surface area (Å²) in [6.45, 7) is 14.1. The standard InChI is InChI=1S/C59H77NO3P2Si2/c1-7-13-42-66(43-14-8-2,44-15-9-3)53-34-30-51(31-35-53)64(55-28-22-26-48-38-40-62-57(48)55)60(59(61)50-24-20-19-21-25-50)65(56-29-23-27-49-39-41-63-58(49)56)52-32-36-54(37-33-52)67(45-16-10-4,46-17-11-5)47-18-12-6/h19-41H,7-18,42-47H2,1-6H3. The van der Waals surface area contributed by atoms with Crippen LogP contribution in [0, 0.1) is 0 Å². The molecule has 2 unspecified atom stereocenters. The first-order valence-corrected chi connectivity index (χ1v) is 33.8. The minimum Gasteiger partial charge on any atom is -0.464 e. The Kier molecular flexibility index (Phi) is 19.0. The summed E-state index contributed by atoms with van der Waals surface area (Å²) < 4.78 is 15.3. The van der Waals surface area contributed by atoms with E-state index in [1.807, 2.05) is 30.3 Å². The number of hydrogen-bond donors (Lipinski definition) is 0. The molecule has 67 heavy (non-hydrogen) atoms. The highest BCUT2D eigenvalue weighted by molar-refractivity contribution is 7.86. The lowest BCUT2D eigenvalue weighted by Crippen LogP contribution is -2.48. The largest absolute Gasteiger partial charge is 0.464 e. The first kappa shape index (κ1) is 50.8. The third kappa shape index (κ3) is 11.7. The first-order chi connectivity index (χ1) is 32.9. The van der Waals surface area contributed by atoms with Gasteiger partial charge in [0.25, 0.3) is 5.91 Å². The summed E-state index contributed by atoms with van der Waals surface area (Å²) in [7, 11) is -6.63. The Bertz CT molecular complexity index is 2370. The van der Waals surface area contributed by atoms with E-state index in [4.69, 9.17) is 8.83 Å². The molecule has 1 amide bonds. The lowest BCUT2D eigenvalue weighted by molar-refractivity contribution is 0.0928. The number of fused-ring (bicyclic) bond motifs is 2. The summed E-state index contributed by atoms with van der Waals surface area (Å²) in [4.78, 5) is 16.1. The van der Waals surface area contributed by atoms with Gasteiger partial charge in [0.15, 0.2) is 0 Å². The normalized spacial score (nSPS) is 13.0. The van der Waals surface area contributed by atoms with Crippen molar-refractivity contribution in [2.24, 2.45) is 0 Å². The van der Waals surface area contributed by atoms with Crippen LogP contribution in [0.15, 0.2) is 149 Å². The number of rotatable bonds is 27. The van der Waals surface area contributed by atoms with Gasteiger partial charge in [0.1, 0.15) is 11.2 Å². The van der Waals surface area contributed by atoms with Crippen molar-refractivity contribution in [1.82, 2.24) is 4.44 Å². The van der Waals surface area contributed by atoms with Gasteiger partial charge in [-0.05, 0) is 36.4 Å². The molecular formula is C59H77NO3P2Si2. The second kappa shape index (κ2) is 25.0. The molecule has 2 aromatic heterocycles. The SMILES string of the molecule is CCCC[Si](CCCC)(CCCC)c1ccc(P(c2cccc3ccoc23)N(C(=O)c2ccccc2)P(c2ccc([Si](CCCC)(CCCC)CCCC)cc2)c2cccc3ccoc23)cc1. The summed E-state index contributed by atoms with van der Waals surface area (Å²) in [5.41, 5.74) is 2.38. The van der Waals surface area contributed by atoms with Crippen LogP contribution in [-0.4, -0.2) is 26.5 Å². The number of unbranched alkanes of at least 4 members (excludes halogenated alkanes) is 6. The molecule has 5 aromatic carbocycles. The van der Waals surface area contributed by atoms with E-state index in [1.54, 1.807) is 22.9 Å². The molecule has 0 saturated heterocycles. The second-order valence-corrected chi connectivity index (χ2v) is 32.7. The van der Waals surface area contributed by atoms with Crippen LogP contribution < -0.4 is 31.6 Å². The lowest BCUT2D eigenvalue weighted by Gasteiger charge is -2.39. The molecule has 0 aliphatic rings. The van der Waals surface area contributed by atoms with E-state index >= 15 is 4.79 Å². The van der Waals surface area contributed by atoms with Gasteiger partial charge >= 0.3 is 0 Å². The van der Waals surface area contributed by atoms with Gasteiger partial charge in [-0.2, -0.15) is 0 Å². The highest BCUT2D eigenvalue weighted by Crippen LogP contribution is 2.57. The average molecular weight is 966 g/mol. The van der Waals surface area contributed by atoms with Crippen molar-refractivity contribution in [2.75, 3.05) is 0 Å². The Morgan fingerprint density at radius 3 is 1.13 bits per heavy atom. The predicted octanol–water partition coefficient (Wildman–Crippen LogP) is 15.8. The van der Waals surface area contributed by atoms with Crippen LogP contribution in [0.4, 0.5) is 0 Å². The maximum Gasteiger partial charge on any atom is 0.261 e. The van der Waals surface area contributed by atoms with Crippen LogP contribution in [0.3, 0.4) is 0 Å². The number of amides is 1. The zero-order chi connectivity index (χ0) is 47.1. The van der Waals surface area contributed by atoms with Crippen LogP contribution in [-0.2, 0) is 0 Å². The van der Waals surface area contributed by atoms with Crippen molar-refractivity contribution in [3.63, 3.8) is 0 Å². The van der Waals surface area contributed by atoms with Crippen LogP contribution in [0.2, 0.25) is 36.3 Å². The molecule has 0 N–H and O–H groups in total. The quantitative estimate of drug-likeness (QED) is 0.0381. The Morgan fingerprint density at radius 1 is 0.433 bits per heavy atom. The molecule has 7 aromatic rings. The molecule has 2 heterocycles. The topological polar surface area (TPSA) is 46.6 Å². The molecule has 0 bridgehead atoms. The molecule has 4 nitrogen and oxygen atoms in total. The van der Waals surface area contributed by atoms with E-state index in [0.29, 0.717) is 5.56 Å². The first-order valence-electron chi connectivity index (χ1n) is 26.0. The van der Waals surface area contributed by atoms with E-state index in [1.165, 1.54) is 113 Å². The number of para-hydroxylation sites is 2. The Labute approximate surface area is 408 Å². The van der Waals surface area contributed by atoms with Gasteiger partial charge in [-0.3, -0.25) is 9.24 Å².